The van der Waals surface area contributed by atoms with E-state index in [0.717, 1.165) is 14.7 Å². The van der Waals surface area contributed by atoms with E-state index in [1.54, 1.807) is 36.0 Å². The molecule has 0 fully saturated rings. The zero-order valence-electron chi connectivity index (χ0n) is 19.1. The Morgan fingerprint density at radius 1 is 0.694 bits per heavy atom. The molecule has 4 nitrogen and oxygen atoms in total. The minimum absolute atomic E-state index is 0.0112. The van der Waals surface area contributed by atoms with Gasteiger partial charge in [0, 0.05) is 48.6 Å². The SMILES string of the molecule is O=C(/C(CCSc1ccc(Cl)cc1)=N/O)c1ccc(Sc2ccc(C(=O)c3ccccc3)cc2)cc1. The monoisotopic (exact) mass is 531 g/mol. The largest absolute Gasteiger partial charge is 0.411 e. The summed E-state index contributed by atoms with van der Waals surface area (Å²) in [7, 11) is 0. The van der Waals surface area contributed by atoms with Gasteiger partial charge in [0.15, 0.2) is 5.78 Å². The quantitative estimate of drug-likeness (QED) is 0.0740. The van der Waals surface area contributed by atoms with Crippen LogP contribution in [0.3, 0.4) is 0 Å². The van der Waals surface area contributed by atoms with Gasteiger partial charge in [-0.25, -0.2) is 0 Å². The minimum atomic E-state index is -0.297. The summed E-state index contributed by atoms with van der Waals surface area (Å²) in [5, 5.41) is 13.3. The lowest BCUT2D eigenvalue weighted by Gasteiger charge is -2.07. The molecule has 0 saturated carbocycles. The highest BCUT2D eigenvalue weighted by atomic mass is 35.5. The van der Waals surface area contributed by atoms with Crippen LogP contribution >= 0.6 is 35.1 Å². The van der Waals surface area contributed by atoms with Crippen LogP contribution < -0.4 is 0 Å². The second-order valence-corrected chi connectivity index (χ2v) is 10.5. The van der Waals surface area contributed by atoms with E-state index in [9.17, 15) is 14.8 Å². The molecular formula is C29H22ClNO3S2. The Hall–Kier alpha value is -3.32. The van der Waals surface area contributed by atoms with Gasteiger partial charge in [-0.3, -0.25) is 9.59 Å². The molecule has 7 heteroatoms. The summed E-state index contributed by atoms with van der Waals surface area (Å²) in [4.78, 5) is 28.3. The number of Topliss-reactive ketones (excluding diaryl/α,β-unsaturated/α-hetero) is 1. The third-order valence-electron chi connectivity index (χ3n) is 5.31. The molecule has 0 amide bonds. The van der Waals surface area contributed by atoms with Crippen molar-refractivity contribution in [2.24, 2.45) is 5.16 Å². The first-order valence-electron chi connectivity index (χ1n) is 11.2. The fraction of sp³-hybridized carbons (Fsp3) is 0.0690. The molecule has 0 aliphatic carbocycles. The molecule has 36 heavy (non-hydrogen) atoms. The molecule has 0 radical (unpaired) electrons. The van der Waals surface area contributed by atoms with Gasteiger partial charge in [0.2, 0.25) is 5.78 Å². The van der Waals surface area contributed by atoms with Crippen LogP contribution in [0.25, 0.3) is 0 Å². The van der Waals surface area contributed by atoms with Crippen molar-refractivity contribution < 1.29 is 14.8 Å². The van der Waals surface area contributed by atoms with Crippen molar-refractivity contribution in [1.82, 2.24) is 0 Å². The summed E-state index contributed by atoms with van der Waals surface area (Å²) in [5.41, 5.74) is 1.88. The second kappa shape index (κ2) is 12.6. The minimum Gasteiger partial charge on any atom is -0.411 e. The number of rotatable bonds is 10. The van der Waals surface area contributed by atoms with Gasteiger partial charge in [-0.1, -0.05) is 58.9 Å². The molecule has 0 spiro atoms. The Morgan fingerprint density at radius 3 is 1.81 bits per heavy atom. The Bertz CT molecular complexity index is 1350. The number of halogens is 1. The van der Waals surface area contributed by atoms with Crippen molar-refractivity contribution in [2.45, 2.75) is 21.1 Å². The Morgan fingerprint density at radius 2 is 1.22 bits per heavy atom. The van der Waals surface area contributed by atoms with Gasteiger partial charge in [-0.15, -0.1) is 11.8 Å². The second-order valence-electron chi connectivity index (χ2n) is 7.77. The van der Waals surface area contributed by atoms with Crippen LogP contribution in [-0.4, -0.2) is 28.2 Å². The fourth-order valence-electron chi connectivity index (χ4n) is 3.41. The summed E-state index contributed by atoms with van der Waals surface area (Å²) < 4.78 is 0. The summed E-state index contributed by atoms with van der Waals surface area (Å²) in [6, 6.07) is 31.3. The lowest BCUT2D eigenvalue weighted by atomic mass is 10.0. The Balaban J connectivity index is 1.33. The van der Waals surface area contributed by atoms with E-state index >= 15 is 0 Å². The summed E-state index contributed by atoms with van der Waals surface area (Å²) in [5.74, 6) is 0.293. The third kappa shape index (κ3) is 6.88. The molecule has 0 aromatic heterocycles. The predicted molar refractivity (Wildman–Crippen MR) is 147 cm³/mol. The molecule has 0 aliphatic rings. The number of carbonyl (C=O) groups excluding carboxylic acids is 2. The first-order valence-corrected chi connectivity index (χ1v) is 13.3. The zero-order chi connectivity index (χ0) is 25.3. The van der Waals surface area contributed by atoms with E-state index in [1.165, 1.54) is 11.8 Å². The molecule has 0 unspecified atom stereocenters. The Kier molecular flexibility index (Phi) is 9.01. The van der Waals surface area contributed by atoms with Crippen LogP contribution in [-0.2, 0) is 0 Å². The first-order chi connectivity index (χ1) is 17.5. The normalized spacial score (nSPS) is 11.3. The van der Waals surface area contributed by atoms with E-state index in [1.807, 2.05) is 78.9 Å². The highest BCUT2D eigenvalue weighted by molar-refractivity contribution is 7.99. The third-order valence-corrected chi connectivity index (χ3v) is 7.59. The molecule has 4 aromatic carbocycles. The number of hydrogen-bond acceptors (Lipinski definition) is 6. The molecule has 0 bridgehead atoms. The van der Waals surface area contributed by atoms with Gasteiger partial charge < -0.3 is 5.21 Å². The van der Waals surface area contributed by atoms with Crippen LogP contribution in [0.1, 0.15) is 32.7 Å². The van der Waals surface area contributed by atoms with Crippen LogP contribution in [0.4, 0.5) is 0 Å². The van der Waals surface area contributed by atoms with E-state index < -0.39 is 0 Å². The lowest BCUT2D eigenvalue weighted by molar-refractivity contribution is 0.103. The lowest BCUT2D eigenvalue weighted by Crippen LogP contribution is -2.15. The number of ketones is 2. The maximum atomic E-state index is 12.8. The van der Waals surface area contributed by atoms with Gasteiger partial charge in [0.05, 0.1) is 0 Å². The predicted octanol–water partition coefficient (Wildman–Crippen LogP) is 7.92. The Labute approximate surface area is 223 Å². The molecular weight excluding hydrogens is 510 g/mol. The molecule has 1 N–H and O–H groups in total. The number of hydrogen-bond donors (Lipinski definition) is 1. The summed E-state index contributed by atoms with van der Waals surface area (Å²) >= 11 is 9.00. The maximum absolute atomic E-state index is 12.8. The van der Waals surface area contributed by atoms with Crippen molar-refractivity contribution in [3.05, 3.63) is 125 Å². The standard InChI is InChI=1S/C29H22ClNO3S2/c30-23-10-16-24(17-11-23)35-19-18-27(31-34)29(33)22-8-14-26(15-9-22)36-25-12-6-21(7-13-25)28(32)20-4-2-1-3-5-20/h1-17,34H,18-19H2/b31-27+. The van der Waals surface area contributed by atoms with Gasteiger partial charge in [-0.05, 0) is 72.8 Å². The fourth-order valence-corrected chi connectivity index (χ4v) is 5.22. The van der Waals surface area contributed by atoms with E-state index in [-0.39, 0.29) is 17.3 Å². The number of nitrogens with zero attached hydrogens (tertiary/aromatic N) is 1. The van der Waals surface area contributed by atoms with Crippen LogP contribution in [0.2, 0.25) is 5.02 Å². The highest BCUT2D eigenvalue weighted by Gasteiger charge is 2.15. The van der Waals surface area contributed by atoms with Gasteiger partial charge in [-0.2, -0.15) is 0 Å². The average molecular weight is 532 g/mol. The zero-order valence-corrected chi connectivity index (χ0v) is 21.5. The van der Waals surface area contributed by atoms with E-state index in [2.05, 4.69) is 5.16 Å². The van der Waals surface area contributed by atoms with E-state index in [0.29, 0.717) is 33.9 Å². The maximum Gasteiger partial charge on any atom is 0.210 e. The molecule has 0 saturated heterocycles. The highest BCUT2D eigenvalue weighted by Crippen LogP contribution is 2.29. The average Bonchev–Trinajstić information content (AvgIpc) is 2.93. The van der Waals surface area contributed by atoms with Crippen molar-refractivity contribution in [2.75, 3.05) is 5.75 Å². The van der Waals surface area contributed by atoms with Crippen molar-refractivity contribution in [3.63, 3.8) is 0 Å². The first kappa shape index (κ1) is 25.8. The molecule has 0 heterocycles. The van der Waals surface area contributed by atoms with E-state index in [4.69, 9.17) is 11.6 Å². The van der Waals surface area contributed by atoms with Gasteiger partial charge in [0.1, 0.15) is 5.71 Å². The molecule has 0 atom stereocenters. The van der Waals surface area contributed by atoms with Gasteiger partial charge >= 0.3 is 0 Å². The number of oxime groups is 1. The summed E-state index contributed by atoms with van der Waals surface area (Å²) in [6.07, 6.45) is 0.340. The number of benzene rings is 4. The van der Waals surface area contributed by atoms with Crippen LogP contribution in [0.15, 0.2) is 123 Å². The topological polar surface area (TPSA) is 66.7 Å². The van der Waals surface area contributed by atoms with Crippen LogP contribution in [0.5, 0.6) is 0 Å². The molecule has 4 aromatic rings. The molecule has 180 valence electrons. The van der Waals surface area contributed by atoms with Crippen molar-refractivity contribution in [3.8, 4) is 0 Å². The number of carbonyl (C=O) groups is 2. The number of thioether (sulfide) groups is 1. The summed E-state index contributed by atoms with van der Waals surface area (Å²) in [6.45, 7) is 0. The van der Waals surface area contributed by atoms with Crippen LogP contribution in [0, 0.1) is 0 Å². The smallest absolute Gasteiger partial charge is 0.210 e. The molecule has 4 rings (SSSR count). The molecule has 0 aliphatic heterocycles. The van der Waals surface area contributed by atoms with Gasteiger partial charge in [0.25, 0.3) is 0 Å². The van der Waals surface area contributed by atoms with Crippen molar-refractivity contribution >= 4 is 52.4 Å². The van der Waals surface area contributed by atoms with Crippen molar-refractivity contribution in [1.29, 1.82) is 0 Å².